The minimum absolute atomic E-state index is 0.168. The van der Waals surface area contributed by atoms with E-state index in [-0.39, 0.29) is 5.60 Å². The van der Waals surface area contributed by atoms with Crippen LogP contribution in [0.3, 0.4) is 0 Å². The van der Waals surface area contributed by atoms with E-state index >= 15 is 0 Å². The van der Waals surface area contributed by atoms with E-state index in [4.69, 9.17) is 4.74 Å². The molecular formula is C14H29N3O. The number of hydrogen-bond acceptors (Lipinski definition) is 4. The van der Waals surface area contributed by atoms with Crippen LogP contribution in [0.2, 0.25) is 0 Å². The molecule has 0 aliphatic carbocycles. The Morgan fingerprint density at radius 3 is 2.33 bits per heavy atom. The van der Waals surface area contributed by atoms with Crippen molar-refractivity contribution < 1.29 is 4.74 Å². The fraction of sp³-hybridized carbons (Fsp3) is 1.00. The summed E-state index contributed by atoms with van der Waals surface area (Å²) in [5, 5.41) is 3.34. The Labute approximate surface area is 112 Å². The molecule has 0 saturated carbocycles. The van der Waals surface area contributed by atoms with Gasteiger partial charge in [0.25, 0.3) is 0 Å². The van der Waals surface area contributed by atoms with Gasteiger partial charge in [-0.15, -0.1) is 0 Å². The second-order valence-electron chi connectivity index (χ2n) is 5.64. The predicted molar refractivity (Wildman–Crippen MR) is 75.0 cm³/mol. The first-order chi connectivity index (χ1) is 8.77. The Kier molecular flexibility index (Phi) is 5.01. The molecule has 1 spiro atoms. The second kappa shape index (κ2) is 6.33. The van der Waals surface area contributed by atoms with Crippen LogP contribution in [0.4, 0.5) is 0 Å². The number of piperidine rings is 1. The van der Waals surface area contributed by atoms with Crippen LogP contribution in [0.5, 0.6) is 0 Å². The van der Waals surface area contributed by atoms with Crippen LogP contribution < -0.4 is 5.32 Å². The van der Waals surface area contributed by atoms with E-state index < -0.39 is 0 Å². The summed E-state index contributed by atoms with van der Waals surface area (Å²) >= 11 is 0. The third-order valence-corrected chi connectivity index (χ3v) is 4.38. The van der Waals surface area contributed by atoms with Crippen LogP contribution in [0.15, 0.2) is 0 Å². The number of likely N-dealkylation sites (tertiary alicyclic amines) is 1. The Hall–Kier alpha value is -0.160. The van der Waals surface area contributed by atoms with E-state index in [1.54, 1.807) is 0 Å². The fourth-order valence-electron chi connectivity index (χ4n) is 3.16. The number of ether oxygens (including phenoxy) is 1. The van der Waals surface area contributed by atoms with Gasteiger partial charge in [-0.2, -0.15) is 0 Å². The average Bonchev–Trinajstić information content (AvgIpc) is 2.40. The molecule has 0 aromatic rings. The molecule has 1 N–H and O–H groups in total. The van der Waals surface area contributed by atoms with Gasteiger partial charge in [0.2, 0.25) is 0 Å². The maximum atomic E-state index is 5.93. The molecule has 3 aliphatic rings. The molecule has 0 bridgehead atoms. The van der Waals surface area contributed by atoms with Crippen LogP contribution in [0.1, 0.15) is 26.7 Å². The lowest BCUT2D eigenvalue weighted by molar-refractivity contribution is -0.146. The molecule has 3 heterocycles. The number of rotatable bonds is 1. The summed E-state index contributed by atoms with van der Waals surface area (Å²) in [5.74, 6) is 0. The van der Waals surface area contributed by atoms with E-state index in [9.17, 15) is 0 Å². The lowest BCUT2D eigenvalue weighted by Gasteiger charge is -2.51. The zero-order valence-electron chi connectivity index (χ0n) is 12.2. The highest BCUT2D eigenvalue weighted by atomic mass is 16.5. The smallest absolute Gasteiger partial charge is 0.106 e. The molecule has 0 aromatic carbocycles. The summed E-state index contributed by atoms with van der Waals surface area (Å²) in [4.78, 5) is 5.12. The van der Waals surface area contributed by atoms with Crippen molar-refractivity contribution in [1.29, 1.82) is 0 Å². The minimum atomic E-state index is 0.168. The van der Waals surface area contributed by atoms with Gasteiger partial charge in [-0.3, -0.25) is 4.90 Å². The van der Waals surface area contributed by atoms with Gasteiger partial charge in [0.1, 0.15) is 5.60 Å². The van der Waals surface area contributed by atoms with Crippen molar-refractivity contribution in [2.24, 2.45) is 0 Å². The monoisotopic (exact) mass is 255 g/mol. The molecule has 0 atom stereocenters. The summed E-state index contributed by atoms with van der Waals surface area (Å²) in [6, 6.07) is 0.803. The maximum absolute atomic E-state index is 5.93. The molecule has 0 radical (unpaired) electrons. The van der Waals surface area contributed by atoms with Gasteiger partial charge in [-0.05, 0) is 33.0 Å². The highest BCUT2D eigenvalue weighted by Crippen LogP contribution is 2.26. The van der Waals surface area contributed by atoms with Gasteiger partial charge in [-0.25, -0.2) is 0 Å². The minimum Gasteiger partial charge on any atom is -0.370 e. The zero-order valence-corrected chi connectivity index (χ0v) is 12.2. The van der Waals surface area contributed by atoms with Gasteiger partial charge < -0.3 is 15.0 Å². The first kappa shape index (κ1) is 14.3. The van der Waals surface area contributed by atoms with Crippen molar-refractivity contribution in [3.05, 3.63) is 0 Å². The molecule has 3 aliphatic heterocycles. The van der Waals surface area contributed by atoms with Crippen molar-refractivity contribution in [3.63, 3.8) is 0 Å². The van der Waals surface area contributed by atoms with Gasteiger partial charge in [0, 0.05) is 32.2 Å². The van der Waals surface area contributed by atoms with Gasteiger partial charge in [0.15, 0.2) is 0 Å². The molecule has 3 saturated heterocycles. The van der Waals surface area contributed by atoms with Gasteiger partial charge >= 0.3 is 0 Å². The molecule has 106 valence electrons. The number of nitrogens with one attached hydrogen (secondary N) is 1. The van der Waals surface area contributed by atoms with E-state index in [1.807, 2.05) is 13.8 Å². The maximum Gasteiger partial charge on any atom is 0.106 e. The lowest BCUT2D eigenvalue weighted by Crippen LogP contribution is -2.70. The second-order valence-corrected chi connectivity index (χ2v) is 5.64. The normalized spacial score (nSPS) is 29.5. The predicted octanol–water partition coefficient (Wildman–Crippen LogP) is 0.781. The molecule has 0 unspecified atom stereocenters. The molecule has 4 heteroatoms. The first-order valence-electron chi connectivity index (χ1n) is 7.55. The highest BCUT2D eigenvalue weighted by molar-refractivity contribution is 5.00. The highest BCUT2D eigenvalue weighted by Gasteiger charge is 2.43. The van der Waals surface area contributed by atoms with Gasteiger partial charge in [-0.1, -0.05) is 13.8 Å². The summed E-state index contributed by atoms with van der Waals surface area (Å²) in [6.45, 7) is 11.8. The largest absolute Gasteiger partial charge is 0.370 e. The van der Waals surface area contributed by atoms with Crippen molar-refractivity contribution in [3.8, 4) is 0 Å². The van der Waals surface area contributed by atoms with E-state index in [2.05, 4.69) is 22.2 Å². The van der Waals surface area contributed by atoms with Crippen molar-refractivity contribution in [2.75, 3.05) is 52.9 Å². The number of morpholine rings is 1. The van der Waals surface area contributed by atoms with Gasteiger partial charge in [0.05, 0.1) is 6.61 Å². The van der Waals surface area contributed by atoms with Crippen LogP contribution >= 0.6 is 0 Å². The molecule has 18 heavy (non-hydrogen) atoms. The molecule has 3 fully saturated rings. The van der Waals surface area contributed by atoms with Crippen LogP contribution in [0, 0.1) is 0 Å². The van der Waals surface area contributed by atoms with E-state index in [0.717, 1.165) is 38.8 Å². The summed E-state index contributed by atoms with van der Waals surface area (Å²) in [5.41, 5.74) is 0.168. The third-order valence-electron chi connectivity index (χ3n) is 4.38. The SMILES string of the molecule is CC.CN1CCC(N2CCOC3(CNC3)C2)CC1. The van der Waals surface area contributed by atoms with Crippen molar-refractivity contribution >= 4 is 0 Å². The van der Waals surface area contributed by atoms with E-state index in [0.29, 0.717) is 0 Å². The molecule has 0 aromatic heterocycles. The van der Waals surface area contributed by atoms with Crippen molar-refractivity contribution in [1.82, 2.24) is 15.1 Å². The lowest BCUT2D eigenvalue weighted by atomic mass is 9.92. The van der Waals surface area contributed by atoms with E-state index in [1.165, 1.54) is 25.9 Å². The molecule has 4 nitrogen and oxygen atoms in total. The zero-order chi connectivity index (χ0) is 13.0. The molecular weight excluding hydrogens is 226 g/mol. The Morgan fingerprint density at radius 2 is 1.78 bits per heavy atom. The average molecular weight is 255 g/mol. The summed E-state index contributed by atoms with van der Waals surface area (Å²) in [7, 11) is 2.23. The number of hydrogen-bond donors (Lipinski definition) is 1. The Balaban J connectivity index is 0.000000574. The molecule has 3 rings (SSSR count). The third kappa shape index (κ3) is 3.05. The topological polar surface area (TPSA) is 27.7 Å². The molecule has 0 amide bonds. The Morgan fingerprint density at radius 1 is 1.11 bits per heavy atom. The quantitative estimate of drug-likeness (QED) is 0.749. The van der Waals surface area contributed by atoms with Crippen LogP contribution in [0.25, 0.3) is 0 Å². The van der Waals surface area contributed by atoms with Crippen LogP contribution in [-0.4, -0.2) is 74.4 Å². The Bertz CT molecular complexity index is 247. The van der Waals surface area contributed by atoms with Crippen LogP contribution in [-0.2, 0) is 4.74 Å². The van der Waals surface area contributed by atoms with Crippen molar-refractivity contribution in [2.45, 2.75) is 38.3 Å². The standard InChI is InChI=1S/C12H23N3O.C2H6/c1-14-4-2-11(3-5-14)15-6-7-16-12(10-15)8-13-9-12;1-2/h11,13H,2-10H2,1H3;1-2H3. The first-order valence-corrected chi connectivity index (χ1v) is 7.55. The summed E-state index contributed by atoms with van der Waals surface area (Å²) in [6.07, 6.45) is 2.67. The fourth-order valence-corrected chi connectivity index (χ4v) is 3.16. The number of nitrogens with zero attached hydrogens (tertiary/aromatic N) is 2. The summed E-state index contributed by atoms with van der Waals surface area (Å²) < 4.78 is 5.93.